The van der Waals surface area contributed by atoms with E-state index in [1.165, 1.54) is 12.8 Å². The Morgan fingerprint density at radius 2 is 2.00 bits per heavy atom. The van der Waals surface area contributed by atoms with Gasteiger partial charge in [0.2, 0.25) is 12.2 Å². The number of guanidine groups is 1. The van der Waals surface area contributed by atoms with Crippen LogP contribution in [0.4, 0.5) is 0 Å². The molecule has 13 heavy (non-hydrogen) atoms. The number of rotatable bonds is 0. The molecule has 1 saturated heterocycles. The fourth-order valence-corrected chi connectivity index (χ4v) is 2.99. The zero-order valence-corrected chi connectivity index (χ0v) is 8.84. The minimum atomic E-state index is 0.122. The van der Waals surface area contributed by atoms with Gasteiger partial charge in [-0.15, -0.1) is 4.99 Å². The van der Waals surface area contributed by atoms with E-state index in [1.54, 1.807) is 11.1 Å². The molecule has 0 aromatic heterocycles. The summed E-state index contributed by atoms with van der Waals surface area (Å²) in [5.74, 6) is 2.89. The molecule has 0 saturated carbocycles. The van der Waals surface area contributed by atoms with Crippen LogP contribution in [0.1, 0.15) is 12.8 Å². The van der Waals surface area contributed by atoms with Gasteiger partial charge in [-0.25, -0.2) is 0 Å². The van der Waals surface area contributed by atoms with Crippen LogP contribution in [-0.2, 0) is 10.7 Å². The maximum absolute atomic E-state index is 8.44. The van der Waals surface area contributed by atoms with Crippen molar-refractivity contribution in [3.05, 3.63) is 0 Å². The van der Waals surface area contributed by atoms with Crippen LogP contribution in [0.25, 0.3) is 0 Å². The molecule has 0 radical (unpaired) electrons. The summed E-state index contributed by atoms with van der Waals surface area (Å²) in [5.41, 5.74) is 0. The van der Waals surface area contributed by atoms with Crippen molar-refractivity contribution in [1.82, 2.24) is 4.90 Å². The molecule has 1 aliphatic rings. The number of hydrogen-bond acceptors (Lipinski definition) is 2. The first-order valence-electron chi connectivity index (χ1n) is 4.27. The van der Waals surface area contributed by atoms with Crippen molar-refractivity contribution in [2.24, 2.45) is 9.36 Å². The van der Waals surface area contributed by atoms with Gasteiger partial charge in [-0.05, 0) is 12.8 Å². The second-order valence-corrected chi connectivity index (χ2v) is 5.00. The Morgan fingerprint density at radius 3 is 2.46 bits per heavy atom. The molecule has 1 fully saturated rings. The minimum Gasteiger partial charge on any atom is -0.346 e. The average molecular weight is 198 g/mol. The lowest BCUT2D eigenvalue weighted by atomic mass is 10.4. The van der Waals surface area contributed by atoms with Crippen LogP contribution >= 0.6 is 0 Å². The number of nitriles is 1. The molecule has 72 valence electrons. The van der Waals surface area contributed by atoms with Gasteiger partial charge in [0.1, 0.15) is 0 Å². The Labute approximate surface area is 81.4 Å². The van der Waals surface area contributed by atoms with Gasteiger partial charge >= 0.3 is 0 Å². The van der Waals surface area contributed by atoms with E-state index >= 15 is 0 Å². The second-order valence-electron chi connectivity index (χ2n) is 3.08. The van der Waals surface area contributed by atoms with Gasteiger partial charge in [0.05, 0.1) is 0 Å². The highest BCUT2D eigenvalue weighted by Crippen LogP contribution is 2.09. The largest absolute Gasteiger partial charge is 0.346 e. The molecule has 1 heterocycles. The van der Waals surface area contributed by atoms with Gasteiger partial charge in [0.25, 0.3) is 0 Å². The van der Waals surface area contributed by atoms with E-state index < -0.39 is 0 Å². The Morgan fingerprint density at radius 1 is 1.38 bits per heavy atom. The Bertz CT molecular complexity index is 266. The fraction of sp³-hybridized carbons (Fsp3) is 0.750. The summed E-state index contributed by atoms with van der Waals surface area (Å²) in [5, 5.41) is 8.44. The summed E-state index contributed by atoms with van der Waals surface area (Å²) in [7, 11) is 3.84. The molecule has 0 aromatic rings. The molecule has 4 nitrogen and oxygen atoms in total. The van der Waals surface area contributed by atoms with Gasteiger partial charge in [-0.2, -0.15) is 9.62 Å². The van der Waals surface area contributed by atoms with Gasteiger partial charge < -0.3 is 4.90 Å². The molecule has 1 rings (SSSR count). The molecule has 5 heteroatoms. The zero-order chi connectivity index (χ0) is 9.68. The van der Waals surface area contributed by atoms with Crippen molar-refractivity contribution in [2.45, 2.75) is 12.8 Å². The van der Waals surface area contributed by atoms with Gasteiger partial charge in [0.15, 0.2) is 0 Å². The van der Waals surface area contributed by atoms with Gasteiger partial charge in [-0.1, -0.05) is 10.7 Å². The number of nitrogens with zero attached hydrogens (tertiary/aromatic N) is 4. The predicted molar refractivity (Wildman–Crippen MR) is 55.5 cm³/mol. The molecule has 0 unspecified atom stereocenters. The van der Waals surface area contributed by atoms with Crippen LogP contribution in [-0.4, -0.2) is 36.5 Å². The number of hydrogen-bond donors (Lipinski definition) is 0. The highest BCUT2D eigenvalue weighted by Gasteiger charge is 2.08. The van der Waals surface area contributed by atoms with E-state index in [4.69, 9.17) is 5.26 Å². The summed E-state index contributed by atoms with van der Waals surface area (Å²) in [6, 6.07) is 0. The molecule has 0 N–H and O–H groups in total. The first-order chi connectivity index (χ1) is 6.24. The van der Waals surface area contributed by atoms with E-state index in [-0.39, 0.29) is 10.7 Å². The Kier molecular flexibility index (Phi) is 3.90. The second kappa shape index (κ2) is 4.97. The van der Waals surface area contributed by atoms with Gasteiger partial charge in [0, 0.05) is 25.6 Å². The van der Waals surface area contributed by atoms with Crippen molar-refractivity contribution < 1.29 is 0 Å². The first-order valence-corrected chi connectivity index (χ1v) is 5.79. The lowest BCUT2D eigenvalue weighted by molar-refractivity contribution is 0.616. The van der Waals surface area contributed by atoms with E-state index in [9.17, 15) is 0 Å². The maximum Gasteiger partial charge on any atom is 0.241 e. The lowest BCUT2D eigenvalue weighted by Gasteiger charge is -2.09. The van der Waals surface area contributed by atoms with Crippen molar-refractivity contribution in [3.8, 4) is 6.19 Å². The van der Waals surface area contributed by atoms with Crippen LogP contribution in [0.3, 0.4) is 0 Å². The quantitative estimate of drug-likeness (QED) is 0.331. The molecule has 0 aromatic carbocycles. The summed E-state index contributed by atoms with van der Waals surface area (Å²) in [4.78, 5) is 5.46. The van der Waals surface area contributed by atoms with Crippen LogP contribution in [0, 0.1) is 11.5 Å². The highest BCUT2D eigenvalue weighted by molar-refractivity contribution is 7.87. The third-order valence-corrected chi connectivity index (χ3v) is 3.71. The monoisotopic (exact) mass is 198 g/mol. The third-order valence-electron chi connectivity index (χ3n) is 1.77. The molecule has 0 bridgehead atoms. The Balaban J connectivity index is 2.73. The SMILES string of the molecule is CN(C)C(=NC#N)N=S1CCCC1. The van der Waals surface area contributed by atoms with Crippen LogP contribution in [0.5, 0.6) is 0 Å². The summed E-state index contributed by atoms with van der Waals surface area (Å²) >= 11 is 0. The van der Waals surface area contributed by atoms with Gasteiger partial charge in [-0.3, -0.25) is 0 Å². The minimum absolute atomic E-state index is 0.122. The third kappa shape index (κ3) is 3.15. The van der Waals surface area contributed by atoms with E-state index in [1.807, 2.05) is 14.1 Å². The molecule has 1 aliphatic heterocycles. The average Bonchev–Trinajstić information content (AvgIpc) is 2.56. The molecular formula is C8H14N4S. The van der Waals surface area contributed by atoms with Crippen molar-refractivity contribution in [1.29, 1.82) is 5.26 Å². The standard InChI is InChI=1S/C8H14N4S/c1-12(2)8(10-7-9)11-13-5-3-4-6-13/h3-6H2,1-2H3. The number of aliphatic imine (C=N–C) groups is 1. The normalized spacial score (nSPS) is 18.4. The molecule has 0 atom stereocenters. The highest BCUT2D eigenvalue weighted by atomic mass is 32.2. The predicted octanol–water partition coefficient (Wildman–Crippen LogP) is 0.981. The maximum atomic E-state index is 8.44. The fourth-order valence-electron chi connectivity index (χ4n) is 1.09. The van der Waals surface area contributed by atoms with Crippen LogP contribution < -0.4 is 0 Å². The zero-order valence-electron chi connectivity index (χ0n) is 8.03. The summed E-state index contributed by atoms with van der Waals surface area (Å²) in [6.45, 7) is 0. The van der Waals surface area contributed by atoms with Crippen LogP contribution in [0.2, 0.25) is 0 Å². The van der Waals surface area contributed by atoms with Crippen molar-refractivity contribution >= 4 is 16.7 Å². The van der Waals surface area contributed by atoms with E-state index in [0.717, 1.165) is 11.5 Å². The topological polar surface area (TPSA) is 51.8 Å². The van der Waals surface area contributed by atoms with E-state index in [0.29, 0.717) is 5.96 Å². The summed E-state index contributed by atoms with van der Waals surface area (Å²) in [6.07, 6.45) is 4.31. The van der Waals surface area contributed by atoms with Crippen LogP contribution in [0.15, 0.2) is 9.36 Å². The first kappa shape index (κ1) is 10.2. The van der Waals surface area contributed by atoms with Crippen molar-refractivity contribution in [2.75, 3.05) is 25.6 Å². The smallest absolute Gasteiger partial charge is 0.241 e. The molecule has 0 amide bonds. The molecular weight excluding hydrogens is 184 g/mol. The van der Waals surface area contributed by atoms with E-state index in [2.05, 4.69) is 9.36 Å². The lowest BCUT2D eigenvalue weighted by Crippen LogP contribution is -2.20. The van der Waals surface area contributed by atoms with Crippen molar-refractivity contribution in [3.63, 3.8) is 0 Å². The molecule has 0 aliphatic carbocycles. The Hall–Kier alpha value is -0.890. The molecule has 0 spiro atoms. The summed E-state index contributed by atoms with van der Waals surface area (Å²) < 4.78 is 4.45.